The molecule has 0 radical (unpaired) electrons. The predicted octanol–water partition coefficient (Wildman–Crippen LogP) is 2.52. The van der Waals surface area contributed by atoms with E-state index in [-0.39, 0.29) is 36.0 Å². The highest BCUT2D eigenvalue weighted by atomic mass is 16.5. The molecule has 178 valence electrons. The summed E-state index contributed by atoms with van der Waals surface area (Å²) in [6, 6.07) is 9.20. The number of hydrogen-bond donors (Lipinski definition) is 3. The summed E-state index contributed by atoms with van der Waals surface area (Å²) in [5, 5.41) is 31.3. The van der Waals surface area contributed by atoms with Gasteiger partial charge < -0.3 is 25.0 Å². The Morgan fingerprint density at radius 1 is 1.30 bits per heavy atom. The van der Waals surface area contributed by atoms with E-state index in [0.717, 1.165) is 24.0 Å². The minimum absolute atomic E-state index is 0.0371. The second-order valence-corrected chi connectivity index (χ2v) is 9.64. The quantitative estimate of drug-likeness (QED) is 0.330. The van der Waals surface area contributed by atoms with E-state index < -0.39 is 19.2 Å². The second kappa shape index (κ2) is 11.9. The number of alkyl carbamates (subject to hydrolysis) is 1. The number of rotatable bonds is 7. The number of nitrogens with zero attached hydrogens (tertiary/aromatic N) is 2. The van der Waals surface area contributed by atoms with Crippen molar-refractivity contribution < 1.29 is 24.4 Å². The number of nitriles is 1. The molecule has 1 saturated heterocycles. The number of hydrogen-bond acceptors (Lipinski definition) is 6. The number of likely N-dealkylation sites (tertiary alicyclic amines) is 1. The number of nitrogens with one attached hydrogen (secondary N) is 1. The van der Waals surface area contributed by atoms with Crippen molar-refractivity contribution in [1.82, 2.24) is 10.2 Å². The van der Waals surface area contributed by atoms with Crippen molar-refractivity contribution in [1.29, 1.82) is 5.26 Å². The van der Waals surface area contributed by atoms with E-state index in [2.05, 4.69) is 5.32 Å². The Morgan fingerprint density at radius 2 is 1.97 bits per heavy atom. The second-order valence-electron chi connectivity index (χ2n) is 9.64. The third kappa shape index (κ3) is 8.56. The number of allylic oxidation sites excluding steroid dienone is 1. The van der Waals surface area contributed by atoms with E-state index in [1.165, 1.54) is 0 Å². The molecule has 1 aliphatic rings. The smallest absolute Gasteiger partial charge is 0.447 e. The Balaban J connectivity index is 1.99. The van der Waals surface area contributed by atoms with Gasteiger partial charge in [0.2, 0.25) is 0 Å². The van der Waals surface area contributed by atoms with Crippen LogP contribution < -0.4 is 5.32 Å². The molecule has 1 aliphatic heterocycles. The third-order valence-electron chi connectivity index (χ3n) is 5.46. The summed E-state index contributed by atoms with van der Waals surface area (Å²) in [5.41, 5.74) is 1.69. The monoisotopic (exact) mass is 455 g/mol. The van der Waals surface area contributed by atoms with E-state index in [9.17, 15) is 24.9 Å². The molecule has 1 fully saturated rings. The highest BCUT2D eigenvalue weighted by Crippen LogP contribution is 2.23. The molecule has 2 amide bonds. The first-order valence-corrected chi connectivity index (χ1v) is 11.3. The van der Waals surface area contributed by atoms with Crippen molar-refractivity contribution in [2.75, 3.05) is 13.2 Å². The molecule has 9 heteroatoms. The summed E-state index contributed by atoms with van der Waals surface area (Å²) in [4.78, 5) is 26.9. The van der Waals surface area contributed by atoms with Crippen LogP contribution >= 0.6 is 0 Å². The maximum Gasteiger partial charge on any atom is 0.475 e. The zero-order chi connectivity index (χ0) is 24.6. The van der Waals surface area contributed by atoms with E-state index in [4.69, 9.17) is 4.74 Å². The van der Waals surface area contributed by atoms with Gasteiger partial charge in [0.25, 0.3) is 5.91 Å². The maximum atomic E-state index is 13.0. The summed E-state index contributed by atoms with van der Waals surface area (Å²) in [6.07, 6.45) is 3.46. The van der Waals surface area contributed by atoms with Crippen molar-refractivity contribution in [3.8, 4) is 6.07 Å². The fraction of sp³-hybridized carbons (Fsp3) is 0.542. The van der Waals surface area contributed by atoms with Crippen LogP contribution in [-0.2, 0) is 16.0 Å². The molecule has 0 aromatic heterocycles. The van der Waals surface area contributed by atoms with Gasteiger partial charge >= 0.3 is 13.2 Å². The SMILES string of the molecule is Cc1ccc(C[C@H](NC(=O)OC[C@H]2CCCCN2C(=O)/C(C#N)=C/C(C)(C)C)B(O)O)cc1. The van der Waals surface area contributed by atoms with Crippen molar-refractivity contribution in [3.05, 3.63) is 47.0 Å². The lowest BCUT2D eigenvalue weighted by atomic mass is 9.76. The van der Waals surface area contributed by atoms with Crippen LogP contribution in [0.15, 0.2) is 35.9 Å². The summed E-state index contributed by atoms with van der Waals surface area (Å²) in [7, 11) is -1.76. The standard InChI is InChI=1S/C24H34BN3O5/c1-17-8-10-18(11-9-17)13-21(25(31)32)27-23(30)33-16-20-7-5-6-12-28(20)22(29)19(15-26)14-24(2,3)4/h8-11,14,20-21,31-32H,5-7,12-13,16H2,1-4H3,(H,27,30)/b19-14+/t20-,21+/m1/s1. The van der Waals surface area contributed by atoms with Crippen LogP contribution in [0.3, 0.4) is 0 Å². The summed E-state index contributed by atoms with van der Waals surface area (Å²) in [5.74, 6) is -1.30. The average Bonchev–Trinajstić information content (AvgIpc) is 2.76. The van der Waals surface area contributed by atoms with Crippen LogP contribution in [0.5, 0.6) is 0 Å². The molecule has 0 aliphatic carbocycles. The van der Waals surface area contributed by atoms with Crippen LogP contribution in [0, 0.1) is 23.7 Å². The molecule has 0 spiro atoms. The van der Waals surface area contributed by atoms with Gasteiger partial charge in [0, 0.05) is 6.54 Å². The number of carbonyl (C=O) groups is 2. The summed E-state index contributed by atoms with van der Waals surface area (Å²) < 4.78 is 5.35. The van der Waals surface area contributed by atoms with Crippen LogP contribution in [0.1, 0.15) is 51.2 Å². The molecular formula is C24H34BN3O5. The van der Waals surface area contributed by atoms with Gasteiger partial charge in [-0.2, -0.15) is 5.26 Å². The van der Waals surface area contributed by atoms with Crippen molar-refractivity contribution in [2.45, 2.75) is 65.4 Å². The van der Waals surface area contributed by atoms with Gasteiger partial charge in [-0.25, -0.2) is 4.79 Å². The Morgan fingerprint density at radius 3 is 2.55 bits per heavy atom. The number of piperidine rings is 1. The van der Waals surface area contributed by atoms with Gasteiger partial charge in [-0.05, 0) is 43.6 Å². The maximum absolute atomic E-state index is 13.0. The number of ether oxygens (including phenoxy) is 1. The highest BCUT2D eigenvalue weighted by molar-refractivity contribution is 6.43. The number of amides is 2. The van der Waals surface area contributed by atoms with Gasteiger partial charge in [-0.1, -0.05) is 56.7 Å². The first-order valence-electron chi connectivity index (χ1n) is 11.3. The van der Waals surface area contributed by atoms with Crippen LogP contribution in [-0.4, -0.2) is 59.2 Å². The largest absolute Gasteiger partial charge is 0.475 e. The lowest BCUT2D eigenvalue weighted by Gasteiger charge is -2.35. The zero-order valence-electron chi connectivity index (χ0n) is 19.9. The van der Waals surface area contributed by atoms with E-state index >= 15 is 0 Å². The van der Waals surface area contributed by atoms with Crippen LogP contribution in [0.25, 0.3) is 0 Å². The van der Waals surface area contributed by atoms with E-state index in [1.807, 2.05) is 58.0 Å². The normalized spacial score (nSPS) is 17.7. The molecule has 1 aromatic rings. The average molecular weight is 455 g/mol. The van der Waals surface area contributed by atoms with Gasteiger partial charge in [0.15, 0.2) is 0 Å². The fourth-order valence-corrected chi connectivity index (χ4v) is 3.74. The third-order valence-corrected chi connectivity index (χ3v) is 5.46. The van der Waals surface area contributed by atoms with Gasteiger partial charge in [-0.15, -0.1) is 0 Å². The number of benzene rings is 1. The topological polar surface area (TPSA) is 123 Å². The molecule has 0 bridgehead atoms. The lowest BCUT2D eigenvalue weighted by molar-refractivity contribution is -0.131. The van der Waals surface area contributed by atoms with Crippen molar-refractivity contribution >= 4 is 19.1 Å². The molecule has 2 rings (SSSR count). The van der Waals surface area contributed by atoms with E-state index in [0.29, 0.717) is 13.0 Å². The highest BCUT2D eigenvalue weighted by Gasteiger charge is 2.31. The molecular weight excluding hydrogens is 421 g/mol. The fourth-order valence-electron chi connectivity index (χ4n) is 3.74. The zero-order valence-corrected chi connectivity index (χ0v) is 19.9. The van der Waals surface area contributed by atoms with E-state index in [1.54, 1.807) is 11.0 Å². The van der Waals surface area contributed by atoms with Gasteiger partial charge in [-0.3, -0.25) is 4.79 Å². The Hall–Kier alpha value is -2.83. The Bertz CT molecular complexity index is 887. The molecule has 3 N–H and O–H groups in total. The van der Waals surface area contributed by atoms with Crippen molar-refractivity contribution in [2.24, 2.45) is 5.41 Å². The Kier molecular flexibility index (Phi) is 9.50. The molecule has 1 aromatic carbocycles. The Labute approximate surface area is 196 Å². The number of carbonyl (C=O) groups excluding carboxylic acids is 2. The van der Waals surface area contributed by atoms with Gasteiger partial charge in [0.1, 0.15) is 18.2 Å². The first kappa shape index (κ1) is 26.4. The molecule has 2 atom stereocenters. The molecule has 33 heavy (non-hydrogen) atoms. The lowest BCUT2D eigenvalue weighted by Crippen LogP contribution is -2.50. The van der Waals surface area contributed by atoms with Crippen LogP contribution in [0.2, 0.25) is 0 Å². The van der Waals surface area contributed by atoms with Gasteiger partial charge in [0.05, 0.1) is 12.0 Å². The molecule has 8 nitrogen and oxygen atoms in total. The first-order chi connectivity index (χ1) is 15.5. The molecule has 0 saturated carbocycles. The minimum atomic E-state index is -1.76. The van der Waals surface area contributed by atoms with Crippen molar-refractivity contribution in [3.63, 3.8) is 0 Å². The number of aryl methyl sites for hydroxylation is 1. The summed E-state index contributed by atoms with van der Waals surface area (Å²) in [6.45, 7) is 8.16. The van der Waals surface area contributed by atoms with Crippen LogP contribution in [0.4, 0.5) is 4.79 Å². The summed E-state index contributed by atoms with van der Waals surface area (Å²) >= 11 is 0. The minimum Gasteiger partial charge on any atom is -0.447 e. The molecule has 0 unspecified atom stereocenters. The molecule has 1 heterocycles. The predicted molar refractivity (Wildman–Crippen MR) is 126 cm³/mol.